The first-order valence-electron chi connectivity index (χ1n) is 9.62. The van der Waals surface area contributed by atoms with E-state index in [9.17, 15) is 9.59 Å². The lowest BCUT2D eigenvalue weighted by Gasteiger charge is -2.43. The molecule has 0 bridgehead atoms. The Bertz CT molecular complexity index is 406. The molecule has 4 heteroatoms. The molecule has 4 atom stereocenters. The number of carbonyl (C=O) groups is 2. The molecular weight excluding hydrogens is 304 g/mol. The number of fused-ring (bicyclic) bond motifs is 1. The summed E-state index contributed by atoms with van der Waals surface area (Å²) in [5, 5.41) is 0. The highest BCUT2D eigenvalue weighted by Crippen LogP contribution is 2.44. The van der Waals surface area contributed by atoms with Crippen LogP contribution in [0.1, 0.15) is 64.2 Å². The van der Waals surface area contributed by atoms with E-state index in [1.807, 2.05) is 0 Å². The molecule has 0 aliphatic heterocycles. The average Bonchev–Trinajstić information content (AvgIpc) is 2.63. The second kappa shape index (κ2) is 10.7. The first kappa shape index (κ1) is 19.2. The molecule has 24 heavy (non-hydrogen) atoms. The number of esters is 1. The van der Waals surface area contributed by atoms with Gasteiger partial charge in [-0.3, -0.25) is 0 Å². The molecule has 136 valence electrons. The molecule has 2 aliphatic carbocycles. The summed E-state index contributed by atoms with van der Waals surface area (Å²) >= 11 is 0. The van der Waals surface area contributed by atoms with Crippen molar-refractivity contribution in [1.82, 2.24) is 0 Å². The van der Waals surface area contributed by atoms with Gasteiger partial charge in [-0.1, -0.05) is 32.3 Å². The summed E-state index contributed by atoms with van der Waals surface area (Å²) in [7, 11) is 0. The van der Waals surface area contributed by atoms with E-state index in [2.05, 4.69) is 6.58 Å². The van der Waals surface area contributed by atoms with E-state index < -0.39 is 0 Å². The quantitative estimate of drug-likeness (QED) is 0.261. The summed E-state index contributed by atoms with van der Waals surface area (Å²) in [5.41, 5.74) is 0. The molecule has 2 aliphatic rings. The Labute approximate surface area is 146 Å². The fourth-order valence-corrected chi connectivity index (χ4v) is 4.36. The third kappa shape index (κ3) is 5.73. The predicted molar refractivity (Wildman–Crippen MR) is 93.6 cm³/mol. The van der Waals surface area contributed by atoms with Gasteiger partial charge in [-0.05, 0) is 50.4 Å². The van der Waals surface area contributed by atoms with E-state index >= 15 is 0 Å². The number of carbonyl (C=O) groups excluding carboxylic acids is 2. The van der Waals surface area contributed by atoms with Crippen LogP contribution in [-0.2, 0) is 19.1 Å². The zero-order chi connectivity index (χ0) is 17.2. The van der Waals surface area contributed by atoms with Crippen molar-refractivity contribution >= 4 is 12.3 Å². The third-order valence-electron chi connectivity index (χ3n) is 5.65. The van der Waals surface area contributed by atoms with E-state index in [-0.39, 0.29) is 18.0 Å². The first-order chi connectivity index (χ1) is 11.8. The molecule has 0 heterocycles. The van der Waals surface area contributed by atoms with Crippen molar-refractivity contribution in [2.24, 2.45) is 17.8 Å². The van der Waals surface area contributed by atoms with Crippen molar-refractivity contribution in [3.05, 3.63) is 12.7 Å². The van der Waals surface area contributed by atoms with Crippen LogP contribution in [0.5, 0.6) is 0 Å². The lowest BCUT2D eigenvalue weighted by atomic mass is 9.65. The third-order valence-corrected chi connectivity index (χ3v) is 5.65. The topological polar surface area (TPSA) is 52.6 Å². The van der Waals surface area contributed by atoms with Crippen LogP contribution in [0.3, 0.4) is 0 Å². The largest absolute Gasteiger partial charge is 0.463 e. The summed E-state index contributed by atoms with van der Waals surface area (Å²) in [6, 6.07) is 0. The van der Waals surface area contributed by atoms with Crippen LogP contribution >= 0.6 is 0 Å². The Kier molecular flexibility index (Phi) is 8.51. The van der Waals surface area contributed by atoms with E-state index in [0.29, 0.717) is 12.5 Å². The van der Waals surface area contributed by atoms with Crippen LogP contribution in [0.15, 0.2) is 12.7 Å². The Morgan fingerprint density at radius 2 is 1.75 bits per heavy atom. The van der Waals surface area contributed by atoms with Crippen molar-refractivity contribution in [2.75, 3.05) is 13.2 Å². The van der Waals surface area contributed by atoms with Crippen molar-refractivity contribution < 1.29 is 19.1 Å². The Morgan fingerprint density at radius 3 is 2.50 bits per heavy atom. The van der Waals surface area contributed by atoms with Gasteiger partial charge in [0.15, 0.2) is 0 Å². The molecule has 0 aromatic rings. The predicted octanol–water partition coefficient (Wildman–Crippen LogP) is 4.08. The monoisotopic (exact) mass is 336 g/mol. The molecule has 0 N–H and O–H groups in total. The molecule has 4 nitrogen and oxygen atoms in total. The van der Waals surface area contributed by atoms with Gasteiger partial charge in [0.2, 0.25) is 0 Å². The first-order valence-corrected chi connectivity index (χ1v) is 9.62. The highest BCUT2D eigenvalue weighted by molar-refractivity contribution is 5.81. The van der Waals surface area contributed by atoms with Gasteiger partial charge in [-0.2, -0.15) is 0 Å². The molecule has 0 radical (unpaired) electrons. The van der Waals surface area contributed by atoms with Crippen LogP contribution in [0.25, 0.3) is 0 Å². The van der Waals surface area contributed by atoms with Gasteiger partial charge < -0.3 is 14.3 Å². The minimum atomic E-state index is -0.350. The second-order valence-electron chi connectivity index (χ2n) is 7.19. The van der Waals surface area contributed by atoms with Crippen molar-refractivity contribution in [3.8, 4) is 0 Å². The van der Waals surface area contributed by atoms with Gasteiger partial charge in [0.25, 0.3) is 0 Å². The van der Waals surface area contributed by atoms with Gasteiger partial charge in [-0.15, -0.1) is 0 Å². The second-order valence-corrected chi connectivity index (χ2v) is 7.19. The number of hydrogen-bond acceptors (Lipinski definition) is 4. The van der Waals surface area contributed by atoms with Gasteiger partial charge in [0.05, 0.1) is 12.7 Å². The molecule has 0 spiro atoms. The number of aldehydes is 1. The minimum absolute atomic E-state index is 0.113. The number of hydrogen-bond donors (Lipinski definition) is 0. The Morgan fingerprint density at radius 1 is 1.00 bits per heavy atom. The van der Waals surface area contributed by atoms with E-state index in [1.54, 1.807) is 0 Å². The number of ether oxygens (including phenoxy) is 2. The highest BCUT2D eigenvalue weighted by Gasteiger charge is 2.40. The number of rotatable bonds is 10. The average molecular weight is 336 g/mol. The van der Waals surface area contributed by atoms with Gasteiger partial charge in [0, 0.05) is 18.6 Å². The van der Waals surface area contributed by atoms with Crippen LogP contribution in [-0.4, -0.2) is 31.6 Å². The number of unbranched alkanes of at least 4 members (excludes halogenated alkanes) is 3. The van der Waals surface area contributed by atoms with Crippen LogP contribution in [0.4, 0.5) is 0 Å². The molecule has 2 rings (SSSR count). The summed E-state index contributed by atoms with van der Waals surface area (Å²) in [5.74, 6) is 1.08. The maximum absolute atomic E-state index is 11.6. The Balaban J connectivity index is 1.57. The Hall–Kier alpha value is -1.16. The van der Waals surface area contributed by atoms with Crippen molar-refractivity contribution in [3.63, 3.8) is 0 Å². The van der Waals surface area contributed by atoms with E-state index in [1.165, 1.54) is 44.5 Å². The summed E-state index contributed by atoms with van der Waals surface area (Å²) in [4.78, 5) is 22.5. The molecule has 2 saturated carbocycles. The maximum atomic E-state index is 11.6. The maximum Gasteiger partial charge on any atom is 0.330 e. The molecule has 4 unspecified atom stereocenters. The van der Waals surface area contributed by atoms with Gasteiger partial charge >= 0.3 is 5.97 Å². The zero-order valence-corrected chi connectivity index (χ0v) is 14.8. The lowest BCUT2D eigenvalue weighted by Crippen LogP contribution is -2.41. The SMILES string of the molecule is C=CC(=O)OCCCCCCOC1CCC2CCCCC2C1C=O. The summed E-state index contributed by atoms with van der Waals surface area (Å²) < 4.78 is 11.0. The molecule has 0 aromatic carbocycles. The van der Waals surface area contributed by atoms with E-state index in [4.69, 9.17) is 9.47 Å². The van der Waals surface area contributed by atoms with Crippen molar-refractivity contribution in [1.29, 1.82) is 0 Å². The minimum Gasteiger partial charge on any atom is -0.463 e. The normalized spacial score (nSPS) is 29.5. The molecule has 0 saturated heterocycles. The zero-order valence-electron chi connectivity index (χ0n) is 14.8. The standard InChI is InChI=1S/C20H32O4/c1-2-20(22)24-14-8-4-3-7-13-23-19-12-11-16-9-5-6-10-17(16)18(19)15-21/h2,15-19H,1,3-14H2. The van der Waals surface area contributed by atoms with E-state index in [0.717, 1.165) is 44.6 Å². The van der Waals surface area contributed by atoms with Gasteiger partial charge in [-0.25, -0.2) is 4.79 Å². The molecule has 2 fully saturated rings. The fourth-order valence-electron chi connectivity index (χ4n) is 4.36. The summed E-state index contributed by atoms with van der Waals surface area (Å²) in [6.45, 7) is 4.56. The lowest BCUT2D eigenvalue weighted by molar-refractivity contribution is -0.137. The smallest absolute Gasteiger partial charge is 0.330 e. The van der Waals surface area contributed by atoms with Crippen LogP contribution in [0, 0.1) is 17.8 Å². The van der Waals surface area contributed by atoms with Crippen LogP contribution in [0.2, 0.25) is 0 Å². The van der Waals surface area contributed by atoms with Gasteiger partial charge in [0.1, 0.15) is 6.29 Å². The van der Waals surface area contributed by atoms with Crippen LogP contribution < -0.4 is 0 Å². The van der Waals surface area contributed by atoms with Crippen molar-refractivity contribution in [2.45, 2.75) is 70.3 Å². The highest BCUT2D eigenvalue weighted by atomic mass is 16.5. The molecular formula is C20H32O4. The molecule has 0 aromatic heterocycles. The summed E-state index contributed by atoms with van der Waals surface area (Å²) in [6.07, 6.45) is 13.9. The molecule has 0 amide bonds. The fraction of sp³-hybridized carbons (Fsp3) is 0.800.